The van der Waals surface area contributed by atoms with Gasteiger partial charge in [-0.05, 0) is 12.8 Å². The molecule has 0 bridgehead atoms. The summed E-state index contributed by atoms with van der Waals surface area (Å²) in [7, 11) is 1.62. The number of hydrogen-bond acceptors (Lipinski definition) is 3. The Balaban J connectivity index is 2.15. The van der Waals surface area contributed by atoms with Gasteiger partial charge in [-0.15, -0.1) is 0 Å². The van der Waals surface area contributed by atoms with E-state index in [9.17, 15) is 4.79 Å². The molecule has 1 amide bonds. The minimum Gasteiger partial charge on any atom is -0.494 e. The van der Waals surface area contributed by atoms with Crippen molar-refractivity contribution in [2.75, 3.05) is 18.6 Å². The zero-order chi connectivity index (χ0) is 13.6. The molecule has 0 aliphatic carbocycles. The van der Waals surface area contributed by atoms with Gasteiger partial charge in [0.25, 0.3) is 0 Å². The summed E-state index contributed by atoms with van der Waals surface area (Å²) >= 11 is 0. The monoisotopic (exact) mass is 259 g/mol. The highest BCUT2D eigenvalue weighted by Gasteiger charge is 2.30. The predicted octanol–water partition coefficient (Wildman–Crippen LogP) is 2.02. The van der Waals surface area contributed by atoms with Crippen LogP contribution in [-0.4, -0.2) is 28.9 Å². The molecule has 1 unspecified atom stereocenters. The number of ether oxygens (including phenoxy) is 1. The number of fused-ring (bicyclic) bond motifs is 1. The molecule has 3 heterocycles. The number of carbonyl (C=O) groups excluding carboxylic acids is 1. The van der Waals surface area contributed by atoms with Crippen LogP contribution in [0.25, 0.3) is 5.65 Å². The van der Waals surface area contributed by atoms with Crippen molar-refractivity contribution in [3.05, 3.63) is 24.2 Å². The molecule has 100 valence electrons. The zero-order valence-electron chi connectivity index (χ0n) is 11.4. The molecule has 0 spiro atoms. The van der Waals surface area contributed by atoms with Gasteiger partial charge in [0.05, 0.1) is 7.11 Å². The van der Waals surface area contributed by atoms with E-state index in [0.717, 1.165) is 23.6 Å². The summed E-state index contributed by atoms with van der Waals surface area (Å²) in [6, 6.07) is 1.87. The van der Waals surface area contributed by atoms with Crippen molar-refractivity contribution in [1.29, 1.82) is 0 Å². The van der Waals surface area contributed by atoms with Crippen LogP contribution in [0.5, 0.6) is 5.75 Å². The third-order valence-electron chi connectivity index (χ3n) is 3.60. The van der Waals surface area contributed by atoms with E-state index in [1.54, 1.807) is 7.11 Å². The van der Waals surface area contributed by atoms with E-state index in [4.69, 9.17) is 4.74 Å². The number of amides is 1. The second-order valence-corrected chi connectivity index (χ2v) is 5.17. The number of anilines is 1. The van der Waals surface area contributed by atoms with E-state index in [1.807, 2.05) is 34.7 Å². The van der Waals surface area contributed by atoms with Gasteiger partial charge in [-0.25, -0.2) is 4.98 Å². The van der Waals surface area contributed by atoms with Crippen LogP contribution in [0.1, 0.15) is 19.0 Å². The van der Waals surface area contributed by atoms with E-state index in [0.29, 0.717) is 18.1 Å². The number of rotatable bonds is 2. The number of aromatic nitrogens is 2. The lowest BCUT2D eigenvalue weighted by Gasteiger charge is -2.19. The van der Waals surface area contributed by atoms with Crippen molar-refractivity contribution in [3.8, 4) is 5.75 Å². The highest BCUT2D eigenvalue weighted by molar-refractivity contribution is 5.97. The number of methoxy groups -OCH3 is 1. The molecule has 0 saturated carbocycles. The lowest BCUT2D eigenvalue weighted by atomic mass is 10.2. The molecular formula is C14H17N3O2. The summed E-state index contributed by atoms with van der Waals surface area (Å²) in [6.45, 7) is 4.82. The lowest BCUT2D eigenvalue weighted by Crippen LogP contribution is -2.25. The predicted molar refractivity (Wildman–Crippen MR) is 72.6 cm³/mol. The van der Waals surface area contributed by atoms with E-state index >= 15 is 0 Å². The van der Waals surface area contributed by atoms with Crippen LogP contribution in [0, 0.1) is 12.8 Å². The van der Waals surface area contributed by atoms with Crippen LogP contribution < -0.4 is 9.64 Å². The highest BCUT2D eigenvalue weighted by Crippen LogP contribution is 2.33. The summed E-state index contributed by atoms with van der Waals surface area (Å²) in [6.07, 6.45) is 4.35. The number of aryl methyl sites for hydroxylation is 1. The van der Waals surface area contributed by atoms with Crippen molar-refractivity contribution in [2.24, 2.45) is 5.92 Å². The molecule has 2 aromatic rings. The molecule has 2 aromatic heterocycles. The Morgan fingerprint density at radius 1 is 1.47 bits per heavy atom. The summed E-state index contributed by atoms with van der Waals surface area (Å²) < 4.78 is 7.39. The molecule has 0 N–H and O–H groups in total. The average Bonchev–Trinajstić information content (AvgIpc) is 2.91. The van der Waals surface area contributed by atoms with Crippen LogP contribution >= 0.6 is 0 Å². The van der Waals surface area contributed by atoms with Gasteiger partial charge >= 0.3 is 0 Å². The SMILES string of the molecule is COc1cc2ncc(C)n2cc1N1CC(C)CC1=O. The van der Waals surface area contributed by atoms with Gasteiger partial charge in [-0.1, -0.05) is 6.92 Å². The van der Waals surface area contributed by atoms with Crippen molar-refractivity contribution < 1.29 is 9.53 Å². The van der Waals surface area contributed by atoms with Gasteiger partial charge < -0.3 is 14.0 Å². The standard InChI is InChI=1S/C14H17N3O2/c1-9-4-14(18)17(7-9)11-8-16-10(2)6-15-13(16)5-12(11)19-3/h5-6,8-9H,4,7H2,1-3H3. The fourth-order valence-corrected chi connectivity index (χ4v) is 2.60. The summed E-state index contributed by atoms with van der Waals surface area (Å²) in [4.78, 5) is 18.2. The van der Waals surface area contributed by atoms with Crippen LogP contribution in [0.2, 0.25) is 0 Å². The topological polar surface area (TPSA) is 46.8 Å². The number of pyridine rings is 1. The van der Waals surface area contributed by atoms with E-state index in [-0.39, 0.29) is 5.91 Å². The molecular weight excluding hydrogens is 242 g/mol. The number of carbonyl (C=O) groups is 1. The first-order valence-corrected chi connectivity index (χ1v) is 6.42. The Hall–Kier alpha value is -2.04. The van der Waals surface area contributed by atoms with Crippen LogP contribution in [0.15, 0.2) is 18.5 Å². The minimum absolute atomic E-state index is 0.155. The van der Waals surface area contributed by atoms with E-state index in [1.165, 1.54) is 0 Å². The van der Waals surface area contributed by atoms with Crippen molar-refractivity contribution in [2.45, 2.75) is 20.3 Å². The Kier molecular flexibility index (Phi) is 2.69. The Labute approximate surface area is 111 Å². The summed E-state index contributed by atoms with van der Waals surface area (Å²) in [5.41, 5.74) is 2.70. The second-order valence-electron chi connectivity index (χ2n) is 5.17. The smallest absolute Gasteiger partial charge is 0.227 e. The number of hydrogen-bond donors (Lipinski definition) is 0. The van der Waals surface area contributed by atoms with E-state index in [2.05, 4.69) is 11.9 Å². The minimum atomic E-state index is 0.155. The molecule has 1 fully saturated rings. The maximum Gasteiger partial charge on any atom is 0.227 e. The maximum absolute atomic E-state index is 12.1. The molecule has 1 saturated heterocycles. The lowest BCUT2D eigenvalue weighted by molar-refractivity contribution is -0.117. The quantitative estimate of drug-likeness (QED) is 0.829. The zero-order valence-corrected chi connectivity index (χ0v) is 11.4. The highest BCUT2D eigenvalue weighted by atomic mass is 16.5. The van der Waals surface area contributed by atoms with Crippen molar-refractivity contribution >= 4 is 17.2 Å². The van der Waals surface area contributed by atoms with Gasteiger partial charge in [0.1, 0.15) is 17.1 Å². The summed E-state index contributed by atoms with van der Waals surface area (Å²) in [5, 5.41) is 0. The van der Waals surface area contributed by atoms with Crippen molar-refractivity contribution in [1.82, 2.24) is 9.38 Å². The second kappa shape index (κ2) is 4.26. The van der Waals surface area contributed by atoms with Crippen molar-refractivity contribution in [3.63, 3.8) is 0 Å². The summed E-state index contributed by atoms with van der Waals surface area (Å²) in [5.74, 6) is 1.24. The molecule has 1 atom stereocenters. The van der Waals surface area contributed by atoms with Gasteiger partial charge in [-0.3, -0.25) is 4.79 Å². The van der Waals surface area contributed by atoms with Crippen LogP contribution in [-0.2, 0) is 4.79 Å². The Morgan fingerprint density at radius 2 is 2.26 bits per heavy atom. The fourth-order valence-electron chi connectivity index (χ4n) is 2.60. The third-order valence-corrected chi connectivity index (χ3v) is 3.60. The molecule has 0 radical (unpaired) electrons. The van der Waals surface area contributed by atoms with Gasteiger partial charge in [0.15, 0.2) is 0 Å². The first-order valence-electron chi connectivity index (χ1n) is 6.42. The fraction of sp³-hybridized carbons (Fsp3) is 0.429. The van der Waals surface area contributed by atoms with Crippen LogP contribution in [0.3, 0.4) is 0 Å². The Morgan fingerprint density at radius 3 is 2.89 bits per heavy atom. The van der Waals surface area contributed by atoms with E-state index < -0.39 is 0 Å². The number of nitrogens with zero attached hydrogens (tertiary/aromatic N) is 3. The molecule has 5 heteroatoms. The average molecular weight is 259 g/mol. The largest absolute Gasteiger partial charge is 0.494 e. The van der Waals surface area contributed by atoms with Crippen LogP contribution in [0.4, 0.5) is 5.69 Å². The molecule has 0 aromatic carbocycles. The third kappa shape index (κ3) is 1.85. The first kappa shape index (κ1) is 12.0. The molecule has 1 aliphatic heterocycles. The molecule has 3 rings (SSSR count). The van der Waals surface area contributed by atoms with Gasteiger partial charge in [0.2, 0.25) is 5.91 Å². The molecule has 1 aliphatic rings. The molecule has 5 nitrogen and oxygen atoms in total. The Bertz CT molecular complexity index is 647. The normalized spacial score (nSPS) is 19.4. The first-order chi connectivity index (χ1) is 9.10. The molecule has 19 heavy (non-hydrogen) atoms. The number of imidazole rings is 1. The van der Waals surface area contributed by atoms with Gasteiger partial charge in [0, 0.05) is 37.1 Å². The van der Waals surface area contributed by atoms with Gasteiger partial charge in [-0.2, -0.15) is 0 Å². The maximum atomic E-state index is 12.1.